The molecular weight excluding hydrogens is 358 g/mol. The Labute approximate surface area is 173 Å². The van der Waals surface area contributed by atoms with E-state index in [1.807, 2.05) is 67.6 Å². The maximum Gasteiger partial charge on any atom is 0.288 e. The van der Waals surface area contributed by atoms with Gasteiger partial charge in [-0.25, -0.2) is 0 Å². The van der Waals surface area contributed by atoms with Gasteiger partial charge in [0.25, 0.3) is 6.02 Å². The fraction of sp³-hybridized carbons (Fsp3) is 0.160. The Balaban J connectivity index is 0.000000170. The van der Waals surface area contributed by atoms with Gasteiger partial charge in [-0.2, -0.15) is 4.99 Å². The van der Waals surface area contributed by atoms with Crippen LogP contribution in [0.15, 0.2) is 114 Å². The molecule has 0 fully saturated rings. The van der Waals surface area contributed by atoms with E-state index in [9.17, 15) is 0 Å². The Morgan fingerprint density at radius 3 is 2.07 bits per heavy atom. The van der Waals surface area contributed by atoms with Gasteiger partial charge < -0.3 is 16.2 Å². The number of hydrogen-bond acceptors (Lipinski definition) is 4. The lowest BCUT2D eigenvalue weighted by molar-refractivity contribution is 0.130. The van der Waals surface area contributed by atoms with Gasteiger partial charge in [0.2, 0.25) is 0 Å². The van der Waals surface area contributed by atoms with Gasteiger partial charge in [-0.15, -0.1) is 0 Å². The van der Waals surface area contributed by atoms with Gasteiger partial charge in [0.1, 0.15) is 0 Å². The molecule has 2 aromatic carbocycles. The third kappa shape index (κ3) is 6.85. The number of nitrogen functional groups attached to an aromatic ring is 1. The van der Waals surface area contributed by atoms with Crippen LogP contribution in [0.3, 0.4) is 0 Å². The standard InChI is InChI=1S/C11H12N2O.C8H10.C6H7N/c1-8-11(2,14-10(12)13-8)9-6-4-3-5-7-9;1-8-6-4-2-3-5-7-8;7-6-4-2-1-3-5-6/h3-7H,1H2,2H3,(H2,12,13);2-6H,7H2,1H3;1-5H,7H2. The first-order valence-electron chi connectivity index (χ1n) is 9.49. The minimum atomic E-state index is -0.606. The predicted octanol–water partition coefficient (Wildman–Crippen LogP) is 5.48. The second kappa shape index (κ2) is 10.7. The average molecular weight is 388 g/mol. The molecule has 1 aliphatic heterocycles. The van der Waals surface area contributed by atoms with Gasteiger partial charge in [0, 0.05) is 11.3 Å². The number of nitrogens with zero attached hydrogens (tertiary/aromatic N) is 1. The highest BCUT2D eigenvalue weighted by molar-refractivity contribution is 5.76. The zero-order valence-electron chi connectivity index (χ0n) is 17.1. The Bertz CT molecular complexity index is 912. The van der Waals surface area contributed by atoms with Crippen molar-refractivity contribution in [2.45, 2.75) is 25.9 Å². The van der Waals surface area contributed by atoms with E-state index in [0.717, 1.165) is 17.7 Å². The lowest BCUT2D eigenvalue weighted by atomic mass is 9.94. The molecule has 0 spiro atoms. The number of nitrogens with two attached hydrogens (primary N) is 2. The molecule has 150 valence electrons. The summed E-state index contributed by atoms with van der Waals surface area (Å²) < 4.78 is 5.48. The van der Waals surface area contributed by atoms with Crippen LogP contribution in [-0.2, 0) is 10.3 Å². The molecule has 0 aromatic heterocycles. The summed E-state index contributed by atoms with van der Waals surface area (Å²) in [6.45, 7) is 7.89. The van der Waals surface area contributed by atoms with E-state index < -0.39 is 5.60 Å². The molecule has 0 saturated carbocycles. The van der Waals surface area contributed by atoms with Crippen molar-refractivity contribution < 1.29 is 4.74 Å². The summed E-state index contributed by atoms with van der Waals surface area (Å²) in [5.41, 5.74) is 14.2. The maximum atomic E-state index is 5.51. The largest absolute Gasteiger partial charge is 0.447 e. The lowest BCUT2D eigenvalue weighted by Crippen LogP contribution is -2.27. The first-order chi connectivity index (χ1) is 13.9. The molecular formula is C25H29N3O. The number of hydrogen-bond donors (Lipinski definition) is 2. The van der Waals surface area contributed by atoms with Crippen molar-refractivity contribution in [3.8, 4) is 0 Å². The van der Waals surface area contributed by atoms with Crippen LogP contribution in [-0.4, -0.2) is 6.02 Å². The number of amidine groups is 1. The smallest absolute Gasteiger partial charge is 0.288 e. The molecule has 4 rings (SSSR count). The predicted molar refractivity (Wildman–Crippen MR) is 123 cm³/mol. The minimum Gasteiger partial charge on any atom is -0.447 e. The highest BCUT2D eigenvalue weighted by atomic mass is 16.5. The second-order valence-electron chi connectivity index (χ2n) is 6.84. The normalized spacial score (nSPS) is 19.4. The third-order valence-corrected chi connectivity index (χ3v) is 4.41. The van der Waals surface area contributed by atoms with Crippen molar-refractivity contribution >= 4 is 11.7 Å². The van der Waals surface area contributed by atoms with E-state index in [1.165, 1.54) is 5.57 Å². The minimum absolute atomic E-state index is 0.182. The summed E-state index contributed by atoms with van der Waals surface area (Å²) in [7, 11) is 0. The van der Waals surface area contributed by atoms with E-state index in [0.29, 0.717) is 5.70 Å². The first kappa shape index (κ1) is 21.8. The molecule has 0 radical (unpaired) electrons. The van der Waals surface area contributed by atoms with Crippen LogP contribution >= 0.6 is 0 Å². The van der Waals surface area contributed by atoms with Gasteiger partial charge in [-0.3, -0.25) is 0 Å². The second-order valence-corrected chi connectivity index (χ2v) is 6.84. The van der Waals surface area contributed by atoms with Gasteiger partial charge in [0.05, 0.1) is 5.70 Å². The van der Waals surface area contributed by atoms with E-state index in [-0.39, 0.29) is 6.02 Å². The highest BCUT2D eigenvalue weighted by Gasteiger charge is 2.37. The molecule has 2 aliphatic rings. The van der Waals surface area contributed by atoms with Crippen LogP contribution in [0, 0.1) is 0 Å². The summed E-state index contributed by atoms with van der Waals surface area (Å²) in [6.07, 6.45) is 11.6. The number of aliphatic imine (C=N–C) groups is 1. The molecule has 1 atom stereocenters. The van der Waals surface area contributed by atoms with E-state index in [1.54, 1.807) is 0 Å². The van der Waals surface area contributed by atoms with Crippen molar-refractivity contribution in [2.75, 3.05) is 5.73 Å². The summed E-state index contributed by atoms with van der Waals surface area (Å²) in [5, 5.41) is 0. The number of anilines is 1. The van der Waals surface area contributed by atoms with Crippen molar-refractivity contribution in [3.05, 3.63) is 114 Å². The van der Waals surface area contributed by atoms with Crippen molar-refractivity contribution in [1.29, 1.82) is 0 Å². The number of para-hydroxylation sites is 1. The fourth-order valence-electron chi connectivity index (χ4n) is 2.65. The zero-order valence-corrected chi connectivity index (χ0v) is 17.1. The third-order valence-electron chi connectivity index (χ3n) is 4.41. The van der Waals surface area contributed by atoms with Crippen molar-refractivity contribution in [1.82, 2.24) is 0 Å². The fourth-order valence-corrected chi connectivity index (χ4v) is 2.65. The van der Waals surface area contributed by atoms with Crippen LogP contribution in [0.25, 0.3) is 0 Å². The Hall–Kier alpha value is -3.53. The molecule has 4 N–H and O–H groups in total. The monoisotopic (exact) mass is 387 g/mol. The van der Waals surface area contributed by atoms with Gasteiger partial charge in [-0.1, -0.05) is 91.1 Å². The molecule has 0 bridgehead atoms. The zero-order chi connectivity index (χ0) is 21.1. The van der Waals surface area contributed by atoms with Gasteiger partial charge in [-0.05, 0) is 32.4 Å². The van der Waals surface area contributed by atoms with Gasteiger partial charge in [0.15, 0.2) is 5.60 Å². The quantitative estimate of drug-likeness (QED) is 0.637. The van der Waals surface area contributed by atoms with Crippen LogP contribution in [0.5, 0.6) is 0 Å². The summed E-state index contributed by atoms with van der Waals surface area (Å²) in [4.78, 5) is 4.00. The summed E-state index contributed by atoms with van der Waals surface area (Å²) >= 11 is 0. The van der Waals surface area contributed by atoms with E-state index in [4.69, 9.17) is 16.2 Å². The molecule has 1 heterocycles. The first-order valence-corrected chi connectivity index (χ1v) is 9.49. The number of ether oxygens (including phenoxy) is 1. The lowest BCUT2D eigenvalue weighted by Gasteiger charge is -2.24. The molecule has 4 nitrogen and oxygen atoms in total. The maximum absolute atomic E-state index is 5.51. The molecule has 0 amide bonds. The Kier molecular flexibility index (Phi) is 8.04. The average Bonchev–Trinajstić information content (AvgIpc) is 2.87. The van der Waals surface area contributed by atoms with Crippen LogP contribution < -0.4 is 11.5 Å². The van der Waals surface area contributed by atoms with Gasteiger partial charge >= 0.3 is 0 Å². The Morgan fingerprint density at radius 1 is 0.931 bits per heavy atom. The molecule has 4 heteroatoms. The summed E-state index contributed by atoms with van der Waals surface area (Å²) in [6, 6.07) is 19.5. The SMILES string of the molecule is C=C1N=C(N)OC1(C)c1ccccc1.CC1=CC=CC=CC1.Nc1ccccc1. The topological polar surface area (TPSA) is 73.6 Å². The molecule has 0 saturated heterocycles. The molecule has 1 aliphatic carbocycles. The number of rotatable bonds is 1. The molecule has 2 aromatic rings. The Morgan fingerprint density at radius 2 is 1.55 bits per heavy atom. The number of allylic oxidation sites excluding steroid dienone is 6. The van der Waals surface area contributed by atoms with Crippen molar-refractivity contribution in [2.24, 2.45) is 10.7 Å². The van der Waals surface area contributed by atoms with E-state index in [2.05, 4.69) is 48.9 Å². The molecule has 1 unspecified atom stereocenters. The molecule has 29 heavy (non-hydrogen) atoms. The van der Waals surface area contributed by atoms with E-state index >= 15 is 0 Å². The van der Waals surface area contributed by atoms with Crippen LogP contribution in [0.4, 0.5) is 5.69 Å². The highest BCUT2D eigenvalue weighted by Crippen LogP contribution is 2.36. The summed E-state index contributed by atoms with van der Waals surface area (Å²) in [5.74, 6) is 0. The van der Waals surface area contributed by atoms with Crippen LogP contribution in [0.2, 0.25) is 0 Å². The van der Waals surface area contributed by atoms with Crippen molar-refractivity contribution in [3.63, 3.8) is 0 Å². The number of benzene rings is 2. The van der Waals surface area contributed by atoms with Crippen LogP contribution in [0.1, 0.15) is 25.8 Å².